The summed E-state index contributed by atoms with van der Waals surface area (Å²) in [5.74, 6) is -3.73. The Hall–Kier alpha value is -1.30. The molecular formula is C10H10F2O3S. The second-order valence-corrected chi connectivity index (χ2v) is 4.79. The number of aliphatic carboxylic acids is 1. The van der Waals surface area contributed by atoms with Crippen molar-refractivity contribution >= 4 is 16.8 Å². The summed E-state index contributed by atoms with van der Waals surface area (Å²) in [6, 6.07) is 2.60. The summed E-state index contributed by atoms with van der Waals surface area (Å²) in [5, 5.41) is 8.60. The lowest BCUT2D eigenvalue weighted by Gasteiger charge is -2.07. The first-order chi connectivity index (χ1) is 7.41. The van der Waals surface area contributed by atoms with Crippen LogP contribution in [0, 0.1) is 17.6 Å². The molecule has 1 aromatic carbocycles. The van der Waals surface area contributed by atoms with Gasteiger partial charge in [-0.2, -0.15) is 0 Å². The molecule has 1 aromatic rings. The number of carboxylic acids is 1. The molecule has 0 radical (unpaired) electrons. The third-order valence-electron chi connectivity index (χ3n) is 1.96. The monoisotopic (exact) mass is 248 g/mol. The molecule has 2 atom stereocenters. The van der Waals surface area contributed by atoms with Gasteiger partial charge in [-0.05, 0) is 18.2 Å². The van der Waals surface area contributed by atoms with Gasteiger partial charge >= 0.3 is 5.97 Å². The molecule has 1 N–H and O–H groups in total. The van der Waals surface area contributed by atoms with Crippen molar-refractivity contribution in [2.24, 2.45) is 5.92 Å². The molecule has 88 valence electrons. The van der Waals surface area contributed by atoms with E-state index in [1.54, 1.807) is 0 Å². The maximum Gasteiger partial charge on any atom is 0.307 e. The Kier molecular flexibility index (Phi) is 4.12. The number of carbonyl (C=O) groups is 1. The smallest absolute Gasteiger partial charge is 0.307 e. The van der Waals surface area contributed by atoms with Crippen LogP contribution in [0.15, 0.2) is 23.1 Å². The topological polar surface area (TPSA) is 54.4 Å². The molecule has 3 nitrogen and oxygen atoms in total. The van der Waals surface area contributed by atoms with Crippen LogP contribution >= 0.6 is 0 Å². The first-order valence-electron chi connectivity index (χ1n) is 4.48. The van der Waals surface area contributed by atoms with E-state index in [1.165, 1.54) is 6.92 Å². The fraction of sp³-hybridized carbons (Fsp3) is 0.300. The molecule has 0 bridgehead atoms. The van der Waals surface area contributed by atoms with Crippen LogP contribution in [0.4, 0.5) is 8.78 Å². The maximum atomic E-state index is 13.2. The largest absolute Gasteiger partial charge is 0.481 e. The molecule has 0 heterocycles. The highest BCUT2D eigenvalue weighted by Gasteiger charge is 2.18. The summed E-state index contributed by atoms with van der Waals surface area (Å²) in [5.41, 5.74) is 0. The lowest BCUT2D eigenvalue weighted by atomic mass is 10.2. The van der Waals surface area contributed by atoms with Crippen molar-refractivity contribution in [3.63, 3.8) is 0 Å². The van der Waals surface area contributed by atoms with Gasteiger partial charge in [0.1, 0.15) is 11.6 Å². The lowest BCUT2D eigenvalue weighted by Crippen LogP contribution is -2.18. The van der Waals surface area contributed by atoms with Crippen LogP contribution in [-0.4, -0.2) is 21.0 Å². The molecule has 0 aliphatic heterocycles. The van der Waals surface area contributed by atoms with E-state index >= 15 is 0 Å². The number of hydrogen-bond donors (Lipinski definition) is 1. The van der Waals surface area contributed by atoms with E-state index in [0.29, 0.717) is 0 Å². The Morgan fingerprint density at radius 1 is 1.50 bits per heavy atom. The number of rotatable bonds is 4. The molecule has 0 saturated heterocycles. The van der Waals surface area contributed by atoms with Crippen LogP contribution < -0.4 is 0 Å². The molecule has 16 heavy (non-hydrogen) atoms. The molecule has 0 amide bonds. The van der Waals surface area contributed by atoms with Gasteiger partial charge in [-0.3, -0.25) is 9.00 Å². The third-order valence-corrected chi connectivity index (χ3v) is 3.57. The SMILES string of the molecule is CC(CS(=O)c1cc(F)ccc1F)C(=O)O. The van der Waals surface area contributed by atoms with Crippen LogP contribution in [-0.2, 0) is 15.6 Å². The average molecular weight is 248 g/mol. The molecule has 1 rings (SSSR count). The molecular weight excluding hydrogens is 238 g/mol. The van der Waals surface area contributed by atoms with E-state index in [-0.39, 0.29) is 10.6 Å². The van der Waals surface area contributed by atoms with Crippen LogP contribution in [0.2, 0.25) is 0 Å². The number of benzene rings is 1. The number of carboxylic acid groups (broad SMARTS) is 1. The zero-order valence-electron chi connectivity index (χ0n) is 8.44. The van der Waals surface area contributed by atoms with Gasteiger partial charge < -0.3 is 5.11 Å². The Balaban J connectivity index is 2.88. The Morgan fingerprint density at radius 3 is 2.69 bits per heavy atom. The second kappa shape index (κ2) is 5.16. The van der Waals surface area contributed by atoms with Crippen molar-refractivity contribution in [2.75, 3.05) is 5.75 Å². The molecule has 0 saturated carbocycles. The first-order valence-corrected chi connectivity index (χ1v) is 5.80. The highest BCUT2D eigenvalue weighted by atomic mass is 32.2. The average Bonchev–Trinajstić information content (AvgIpc) is 2.21. The quantitative estimate of drug-likeness (QED) is 0.883. The van der Waals surface area contributed by atoms with E-state index in [0.717, 1.165) is 18.2 Å². The third kappa shape index (κ3) is 3.10. The van der Waals surface area contributed by atoms with E-state index in [2.05, 4.69) is 0 Å². The van der Waals surface area contributed by atoms with Gasteiger partial charge in [0.25, 0.3) is 0 Å². The second-order valence-electron chi connectivity index (χ2n) is 3.33. The molecule has 0 aliphatic rings. The predicted octanol–water partition coefficient (Wildman–Crippen LogP) is 1.79. The van der Waals surface area contributed by atoms with Crippen molar-refractivity contribution < 1.29 is 22.9 Å². The van der Waals surface area contributed by atoms with E-state index in [4.69, 9.17) is 5.11 Å². The van der Waals surface area contributed by atoms with Gasteiger partial charge in [0.15, 0.2) is 0 Å². The fourth-order valence-electron chi connectivity index (χ4n) is 1.04. The Bertz CT molecular complexity index is 434. The van der Waals surface area contributed by atoms with Gasteiger partial charge in [-0.25, -0.2) is 8.78 Å². The van der Waals surface area contributed by atoms with Gasteiger partial charge in [0, 0.05) is 5.75 Å². The van der Waals surface area contributed by atoms with Gasteiger partial charge in [-0.1, -0.05) is 6.92 Å². The standard InChI is InChI=1S/C10H10F2O3S/c1-6(10(13)14)5-16(15)9-4-7(11)2-3-8(9)12/h2-4,6H,5H2,1H3,(H,13,14). The lowest BCUT2D eigenvalue weighted by molar-refractivity contribution is -0.140. The zero-order valence-corrected chi connectivity index (χ0v) is 9.26. The van der Waals surface area contributed by atoms with Gasteiger partial charge in [0.05, 0.1) is 21.6 Å². The van der Waals surface area contributed by atoms with E-state index in [1.807, 2.05) is 0 Å². The summed E-state index contributed by atoms with van der Waals surface area (Å²) in [7, 11) is -1.85. The summed E-state index contributed by atoms with van der Waals surface area (Å²) in [6.07, 6.45) is 0. The Labute approximate surface area is 93.6 Å². The zero-order chi connectivity index (χ0) is 12.3. The maximum absolute atomic E-state index is 13.2. The molecule has 2 unspecified atom stereocenters. The summed E-state index contributed by atoms with van der Waals surface area (Å²) in [6.45, 7) is 1.36. The van der Waals surface area contributed by atoms with E-state index < -0.39 is 34.3 Å². The van der Waals surface area contributed by atoms with Crippen LogP contribution in [0.3, 0.4) is 0 Å². The highest BCUT2D eigenvalue weighted by molar-refractivity contribution is 7.85. The number of halogens is 2. The highest BCUT2D eigenvalue weighted by Crippen LogP contribution is 2.16. The summed E-state index contributed by atoms with van der Waals surface area (Å²) >= 11 is 0. The molecule has 6 heteroatoms. The van der Waals surface area contributed by atoms with Gasteiger partial charge in [-0.15, -0.1) is 0 Å². The minimum absolute atomic E-state index is 0.240. The minimum Gasteiger partial charge on any atom is -0.481 e. The van der Waals surface area contributed by atoms with Crippen molar-refractivity contribution in [3.8, 4) is 0 Å². The predicted molar refractivity (Wildman–Crippen MR) is 54.4 cm³/mol. The normalized spacial score (nSPS) is 14.4. The number of hydrogen-bond acceptors (Lipinski definition) is 2. The molecule has 0 aliphatic carbocycles. The molecule has 0 fully saturated rings. The first kappa shape index (κ1) is 12.8. The Morgan fingerprint density at radius 2 is 2.12 bits per heavy atom. The van der Waals surface area contributed by atoms with Crippen LogP contribution in [0.5, 0.6) is 0 Å². The van der Waals surface area contributed by atoms with Gasteiger partial charge in [0.2, 0.25) is 0 Å². The molecule has 0 aromatic heterocycles. The van der Waals surface area contributed by atoms with Crippen LogP contribution in [0.25, 0.3) is 0 Å². The summed E-state index contributed by atoms with van der Waals surface area (Å²) < 4.78 is 37.5. The minimum atomic E-state index is -1.85. The fourth-order valence-corrected chi connectivity index (χ4v) is 2.35. The van der Waals surface area contributed by atoms with E-state index in [9.17, 15) is 17.8 Å². The molecule has 0 spiro atoms. The van der Waals surface area contributed by atoms with Crippen molar-refractivity contribution in [1.82, 2.24) is 0 Å². The van der Waals surface area contributed by atoms with Crippen molar-refractivity contribution in [1.29, 1.82) is 0 Å². The van der Waals surface area contributed by atoms with Crippen LogP contribution in [0.1, 0.15) is 6.92 Å². The van der Waals surface area contributed by atoms with Crippen molar-refractivity contribution in [3.05, 3.63) is 29.8 Å². The summed E-state index contributed by atoms with van der Waals surface area (Å²) in [4.78, 5) is 10.2. The van der Waals surface area contributed by atoms with Crippen molar-refractivity contribution in [2.45, 2.75) is 11.8 Å².